The molecule has 3 amide bonds. The second-order valence-corrected chi connectivity index (χ2v) is 8.90. The van der Waals surface area contributed by atoms with Crippen LogP contribution in [0.25, 0.3) is 0 Å². The Hall–Kier alpha value is -2.81. The largest absolute Gasteiger partial charge is 0.465 e. The molecule has 2 atom stereocenters. The highest BCUT2D eigenvalue weighted by Crippen LogP contribution is 2.54. The fourth-order valence-electron chi connectivity index (χ4n) is 5.51. The summed E-state index contributed by atoms with van der Waals surface area (Å²) in [5.41, 5.74) is 2.00. The van der Waals surface area contributed by atoms with E-state index >= 15 is 0 Å². The Bertz CT molecular complexity index is 818. The number of nitrogens with zero attached hydrogens (tertiary/aromatic N) is 2. The predicted octanol–water partition coefficient (Wildman–Crippen LogP) is 1.67. The van der Waals surface area contributed by atoms with Crippen LogP contribution in [0.3, 0.4) is 0 Å². The van der Waals surface area contributed by atoms with Gasteiger partial charge in [-0.25, -0.2) is 10.3 Å². The summed E-state index contributed by atoms with van der Waals surface area (Å²) in [6.07, 6.45) is 1.99. The van der Waals surface area contributed by atoms with Gasteiger partial charge < -0.3 is 20.2 Å². The lowest BCUT2D eigenvalue weighted by Crippen LogP contribution is -2.51. The van der Waals surface area contributed by atoms with E-state index in [-0.39, 0.29) is 17.7 Å². The maximum Gasteiger partial charge on any atom is 0.405 e. The van der Waals surface area contributed by atoms with E-state index in [1.807, 2.05) is 23.1 Å². The molecule has 4 N–H and O–H groups in total. The number of piperazine rings is 1. The molecule has 0 bridgehead atoms. The van der Waals surface area contributed by atoms with E-state index in [0.717, 1.165) is 13.1 Å². The van der Waals surface area contributed by atoms with Crippen molar-refractivity contribution in [1.82, 2.24) is 15.7 Å². The third-order valence-electron chi connectivity index (χ3n) is 7.29. The van der Waals surface area contributed by atoms with E-state index in [9.17, 15) is 19.5 Å². The van der Waals surface area contributed by atoms with Crippen molar-refractivity contribution in [1.29, 1.82) is 0 Å². The molecular formula is C22H30N4O5. The number of para-hydroxylation sites is 1. The van der Waals surface area contributed by atoms with Crippen molar-refractivity contribution in [3.05, 3.63) is 30.3 Å². The van der Waals surface area contributed by atoms with Gasteiger partial charge in [-0.3, -0.25) is 14.8 Å². The van der Waals surface area contributed by atoms with Crippen molar-refractivity contribution in [2.24, 2.45) is 17.8 Å². The summed E-state index contributed by atoms with van der Waals surface area (Å²) < 4.78 is 0. The first-order chi connectivity index (χ1) is 14.9. The van der Waals surface area contributed by atoms with Crippen LogP contribution in [0, 0.1) is 17.8 Å². The molecule has 1 aromatic rings. The molecule has 168 valence electrons. The zero-order valence-electron chi connectivity index (χ0n) is 17.5. The van der Waals surface area contributed by atoms with Crippen molar-refractivity contribution in [2.45, 2.75) is 37.6 Å². The minimum absolute atomic E-state index is 0.00937. The standard InChI is InChI=1S/C22H30N4O5/c27-19(24-31)18-14-22(18,23-21(29)30)16-8-6-15(7-9-16)20(28)26-12-10-25(11-13-26)17-4-2-1-3-5-17/h1-5,15-16,18,23,31H,6-14H2,(H,24,27)(H,29,30)/t15?,16?,18-,22?/m1/s1. The number of hydrogen-bond donors (Lipinski definition) is 4. The maximum atomic E-state index is 13.1. The Morgan fingerprint density at radius 3 is 2.19 bits per heavy atom. The van der Waals surface area contributed by atoms with Gasteiger partial charge in [-0.15, -0.1) is 0 Å². The first kappa shape index (κ1) is 21.4. The molecule has 1 aliphatic heterocycles. The molecule has 1 unspecified atom stereocenters. The lowest BCUT2D eigenvalue weighted by atomic mass is 9.76. The third kappa shape index (κ3) is 4.32. The van der Waals surface area contributed by atoms with E-state index in [1.165, 1.54) is 5.69 Å². The summed E-state index contributed by atoms with van der Waals surface area (Å²) >= 11 is 0. The van der Waals surface area contributed by atoms with Gasteiger partial charge in [0.05, 0.1) is 11.5 Å². The molecule has 2 saturated carbocycles. The zero-order chi connectivity index (χ0) is 22.0. The minimum atomic E-state index is -1.16. The third-order valence-corrected chi connectivity index (χ3v) is 7.29. The smallest absolute Gasteiger partial charge is 0.405 e. The molecule has 0 radical (unpaired) electrons. The Morgan fingerprint density at radius 2 is 1.61 bits per heavy atom. The molecule has 3 fully saturated rings. The molecule has 9 heteroatoms. The van der Waals surface area contributed by atoms with Crippen molar-refractivity contribution in [2.75, 3.05) is 31.1 Å². The van der Waals surface area contributed by atoms with Gasteiger partial charge in [-0.2, -0.15) is 0 Å². The van der Waals surface area contributed by atoms with Gasteiger partial charge in [-0.05, 0) is 50.2 Å². The van der Waals surface area contributed by atoms with Crippen LogP contribution in [0.15, 0.2) is 30.3 Å². The molecule has 0 aromatic heterocycles. The van der Waals surface area contributed by atoms with Crippen LogP contribution in [0.5, 0.6) is 0 Å². The number of benzene rings is 1. The van der Waals surface area contributed by atoms with Gasteiger partial charge in [0.2, 0.25) is 11.8 Å². The van der Waals surface area contributed by atoms with E-state index in [2.05, 4.69) is 22.3 Å². The molecule has 31 heavy (non-hydrogen) atoms. The summed E-state index contributed by atoms with van der Waals surface area (Å²) in [6, 6.07) is 10.2. The molecule has 1 saturated heterocycles. The zero-order valence-corrected chi connectivity index (χ0v) is 17.5. The van der Waals surface area contributed by atoms with Crippen LogP contribution in [-0.2, 0) is 9.59 Å². The van der Waals surface area contributed by atoms with Crippen LogP contribution in [-0.4, -0.2) is 64.8 Å². The second kappa shape index (κ2) is 8.74. The van der Waals surface area contributed by atoms with Crippen molar-refractivity contribution < 1.29 is 24.7 Å². The van der Waals surface area contributed by atoms with Crippen molar-refractivity contribution >= 4 is 23.6 Å². The summed E-state index contributed by atoms with van der Waals surface area (Å²) in [7, 11) is 0. The first-order valence-corrected chi connectivity index (χ1v) is 11.0. The average molecular weight is 431 g/mol. The van der Waals surface area contributed by atoms with Gasteiger partial charge in [0.1, 0.15) is 0 Å². The molecule has 2 aliphatic carbocycles. The van der Waals surface area contributed by atoms with Crippen LogP contribution in [0.2, 0.25) is 0 Å². The lowest BCUT2D eigenvalue weighted by Gasteiger charge is -2.40. The van der Waals surface area contributed by atoms with Crippen LogP contribution in [0.1, 0.15) is 32.1 Å². The maximum absolute atomic E-state index is 13.1. The Kier molecular flexibility index (Phi) is 6.04. The summed E-state index contributed by atoms with van der Waals surface area (Å²) in [5.74, 6) is -0.984. The quantitative estimate of drug-likeness (QED) is 0.416. The molecule has 1 aromatic carbocycles. The average Bonchev–Trinajstić information content (AvgIpc) is 3.53. The highest BCUT2D eigenvalue weighted by molar-refractivity contribution is 5.84. The summed E-state index contributed by atoms with van der Waals surface area (Å²) in [4.78, 5) is 40.5. The van der Waals surface area contributed by atoms with Crippen molar-refractivity contribution in [3.8, 4) is 0 Å². The number of amides is 3. The normalized spacial score (nSPS) is 30.4. The molecule has 4 rings (SSSR count). The van der Waals surface area contributed by atoms with E-state index in [4.69, 9.17) is 5.21 Å². The van der Waals surface area contributed by atoms with E-state index < -0.39 is 23.5 Å². The molecule has 9 nitrogen and oxygen atoms in total. The number of hydrogen-bond acceptors (Lipinski definition) is 5. The number of hydroxylamine groups is 1. The van der Waals surface area contributed by atoms with Gasteiger partial charge in [0.15, 0.2) is 0 Å². The molecule has 1 heterocycles. The molecule has 3 aliphatic rings. The van der Waals surface area contributed by atoms with E-state index in [1.54, 1.807) is 5.48 Å². The fourth-order valence-corrected chi connectivity index (χ4v) is 5.51. The highest BCUT2D eigenvalue weighted by atomic mass is 16.5. The Morgan fingerprint density at radius 1 is 0.968 bits per heavy atom. The SMILES string of the molecule is O=C(O)NC1(C2CCC(C(=O)N3CCN(c4ccccc4)CC3)CC2)C[C@@H]1C(=O)NO. The lowest BCUT2D eigenvalue weighted by molar-refractivity contribution is -0.137. The Balaban J connectivity index is 1.30. The van der Waals surface area contributed by atoms with Crippen LogP contribution < -0.4 is 15.7 Å². The number of carbonyl (C=O) groups is 3. The monoisotopic (exact) mass is 430 g/mol. The van der Waals surface area contributed by atoms with Gasteiger partial charge >= 0.3 is 6.09 Å². The molecule has 0 spiro atoms. The number of carbonyl (C=O) groups excluding carboxylic acids is 2. The highest BCUT2D eigenvalue weighted by Gasteiger charge is 2.63. The molecular weight excluding hydrogens is 400 g/mol. The fraction of sp³-hybridized carbons (Fsp3) is 0.591. The van der Waals surface area contributed by atoms with Crippen LogP contribution in [0.4, 0.5) is 10.5 Å². The predicted molar refractivity (Wildman–Crippen MR) is 113 cm³/mol. The van der Waals surface area contributed by atoms with Crippen LogP contribution >= 0.6 is 0 Å². The van der Waals surface area contributed by atoms with Crippen molar-refractivity contribution in [3.63, 3.8) is 0 Å². The summed E-state index contributed by atoms with van der Waals surface area (Å²) in [5, 5.41) is 20.7. The van der Waals surface area contributed by atoms with Gasteiger partial charge in [0, 0.05) is 37.8 Å². The van der Waals surface area contributed by atoms with Gasteiger partial charge in [0.25, 0.3) is 0 Å². The Labute approximate surface area is 181 Å². The minimum Gasteiger partial charge on any atom is -0.465 e. The number of anilines is 1. The van der Waals surface area contributed by atoms with Gasteiger partial charge in [-0.1, -0.05) is 18.2 Å². The number of carboxylic acid groups (broad SMARTS) is 1. The summed E-state index contributed by atoms with van der Waals surface area (Å²) in [6.45, 7) is 3.04. The first-order valence-electron chi connectivity index (χ1n) is 11.0. The second-order valence-electron chi connectivity index (χ2n) is 8.90. The number of rotatable bonds is 5. The van der Waals surface area contributed by atoms with E-state index in [0.29, 0.717) is 45.2 Å². The topological polar surface area (TPSA) is 122 Å². The number of nitrogens with one attached hydrogen (secondary N) is 2.